The summed E-state index contributed by atoms with van der Waals surface area (Å²) < 4.78 is 13.2. The van der Waals surface area contributed by atoms with Crippen LogP contribution in [0.5, 0.6) is 0 Å². The third kappa shape index (κ3) is 4.87. The van der Waals surface area contributed by atoms with Gasteiger partial charge < -0.3 is 15.3 Å². The molecule has 0 bridgehead atoms. The summed E-state index contributed by atoms with van der Waals surface area (Å²) in [6, 6.07) is 11.5. The average Bonchev–Trinajstić information content (AvgIpc) is 2.67. The maximum absolute atomic E-state index is 13.2. The Morgan fingerprint density at radius 3 is 2.48 bits per heavy atom. The largest absolute Gasteiger partial charge is 0.481 e. The number of aliphatic carboxylic acids is 1. The molecule has 2 atom stereocenters. The highest BCUT2D eigenvalue weighted by Gasteiger charge is 2.29. The zero-order valence-corrected chi connectivity index (χ0v) is 15.8. The summed E-state index contributed by atoms with van der Waals surface area (Å²) >= 11 is 0. The maximum atomic E-state index is 13.2. The quantitative estimate of drug-likeness (QED) is 0.783. The number of rotatable bonds is 6. The van der Waals surface area contributed by atoms with Crippen LogP contribution in [0.4, 0.5) is 4.39 Å². The zero-order chi connectivity index (χ0) is 21.0. The van der Waals surface area contributed by atoms with Gasteiger partial charge in [-0.05, 0) is 34.9 Å². The van der Waals surface area contributed by atoms with Crippen LogP contribution in [0, 0.1) is 5.82 Å². The number of hydrogen-bond acceptors (Lipinski definition) is 3. The van der Waals surface area contributed by atoms with Crippen molar-refractivity contribution in [3.63, 3.8) is 0 Å². The van der Waals surface area contributed by atoms with Crippen molar-refractivity contribution >= 4 is 23.9 Å². The molecule has 0 fully saturated rings. The van der Waals surface area contributed by atoms with Gasteiger partial charge in [-0.1, -0.05) is 36.4 Å². The zero-order valence-electron chi connectivity index (χ0n) is 15.8. The second kappa shape index (κ2) is 8.68. The van der Waals surface area contributed by atoms with E-state index in [1.807, 2.05) is 30.3 Å². The number of halogens is 1. The molecule has 2 aromatic carbocycles. The minimum atomic E-state index is -1.09. The minimum Gasteiger partial charge on any atom is -0.481 e. The summed E-state index contributed by atoms with van der Waals surface area (Å²) in [6.07, 6.45) is 3.10. The van der Waals surface area contributed by atoms with Crippen molar-refractivity contribution in [1.29, 1.82) is 0 Å². The van der Waals surface area contributed by atoms with Crippen molar-refractivity contribution in [2.45, 2.75) is 31.8 Å². The molecule has 0 aliphatic carbocycles. The van der Waals surface area contributed by atoms with Gasteiger partial charge in [0.25, 0.3) is 0 Å². The summed E-state index contributed by atoms with van der Waals surface area (Å²) in [7, 11) is 0. The summed E-state index contributed by atoms with van der Waals surface area (Å²) in [5.74, 6) is -2.14. The van der Waals surface area contributed by atoms with Crippen LogP contribution in [0.1, 0.15) is 48.5 Å². The molecule has 29 heavy (non-hydrogen) atoms. The molecule has 3 rings (SSSR count). The lowest BCUT2D eigenvalue weighted by molar-refractivity contribution is -0.137. The lowest BCUT2D eigenvalue weighted by Gasteiger charge is -2.32. The maximum Gasteiger partial charge on any atom is 0.305 e. The third-order valence-electron chi connectivity index (χ3n) is 4.83. The number of amides is 2. The fraction of sp³-hybridized carbons (Fsp3) is 0.227. The molecule has 0 saturated heterocycles. The fourth-order valence-corrected chi connectivity index (χ4v) is 3.46. The van der Waals surface area contributed by atoms with E-state index in [2.05, 4.69) is 5.32 Å². The van der Waals surface area contributed by atoms with Crippen molar-refractivity contribution in [1.82, 2.24) is 10.2 Å². The number of nitrogens with one attached hydrogen (secondary N) is 1. The van der Waals surface area contributed by atoms with Gasteiger partial charge in [0.05, 0.1) is 24.9 Å². The van der Waals surface area contributed by atoms with Crippen LogP contribution in [0.25, 0.3) is 6.08 Å². The molecule has 2 unspecified atom stereocenters. The number of carboxylic acids is 1. The van der Waals surface area contributed by atoms with E-state index in [9.17, 15) is 23.9 Å². The van der Waals surface area contributed by atoms with Gasteiger partial charge in [-0.25, -0.2) is 4.39 Å². The van der Waals surface area contributed by atoms with Crippen LogP contribution in [-0.2, 0) is 14.4 Å². The Morgan fingerprint density at radius 1 is 1.14 bits per heavy atom. The number of carboxylic acid groups (broad SMARTS) is 1. The van der Waals surface area contributed by atoms with E-state index in [0.717, 1.165) is 11.1 Å². The lowest BCUT2D eigenvalue weighted by atomic mass is 9.93. The average molecular weight is 396 g/mol. The van der Waals surface area contributed by atoms with Gasteiger partial charge >= 0.3 is 5.97 Å². The molecule has 1 heterocycles. The van der Waals surface area contributed by atoms with Crippen molar-refractivity contribution in [3.8, 4) is 0 Å². The van der Waals surface area contributed by atoms with Crippen LogP contribution in [-0.4, -0.2) is 27.8 Å². The summed E-state index contributed by atoms with van der Waals surface area (Å²) in [6.45, 7) is 1.43. The molecule has 6 nitrogen and oxygen atoms in total. The molecule has 7 heteroatoms. The van der Waals surface area contributed by atoms with E-state index in [1.54, 1.807) is 6.20 Å². The Kier molecular flexibility index (Phi) is 6.07. The molecule has 1 aliphatic rings. The predicted octanol–water partition coefficient (Wildman–Crippen LogP) is 3.42. The van der Waals surface area contributed by atoms with Crippen molar-refractivity contribution in [2.24, 2.45) is 0 Å². The standard InChI is InChI=1S/C22H21FN2O4/c1-14(26)25-11-10-15-4-2-3-5-18(15)20(25)13-21(27)24-19(12-22(28)29)16-6-8-17(23)9-7-16/h2-11,19-20H,12-13H2,1H3,(H,24,27)(H,28,29). The molecule has 0 spiro atoms. The minimum absolute atomic E-state index is 0.0295. The van der Waals surface area contributed by atoms with Gasteiger partial charge in [-0.2, -0.15) is 0 Å². The molecule has 0 aromatic heterocycles. The molecular formula is C22H21FN2O4. The molecule has 0 saturated carbocycles. The molecule has 150 valence electrons. The first-order valence-electron chi connectivity index (χ1n) is 9.18. The number of nitrogens with zero attached hydrogens (tertiary/aromatic N) is 1. The number of fused-ring (bicyclic) bond motifs is 1. The Balaban J connectivity index is 1.81. The van der Waals surface area contributed by atoms with E-state index in [0.29, 0.717) is 5.56 Å². The van der Waals surface area contributed by atoms with Crippen LogP contribution in [0.3, 0.4) is 0 Å². The molecule has 2 amide bonds. The number of carbonyl (C=O) groups is 3. The highest BCUT2D eigenvalue weighted by atomic mass is 19.1. The molecule has 0 radical (unpaired) electrons. The Labute approximate surface area is 167 Å². The molecular weight excluding hydrogens is 375 g/mol. The Hall–Kier alpha value is -3.48. The fourth-order valence-electron chi connectivity index (χ4n) is 3.46. The highest BCUT2D eigenvalue weighted by Crippen LogP contribution is 2.33. The van der Waals surface area contributed by atoms with Gasteiger partial charge in [0.1, 0.15) is 5.82 Å². The summed E-state index contributed by atoms with van der Waals surface area (Å²) in [5, 5.41) is 11.9. The Bertz CT molecular complexity index is 956. The Morgan fingerprint density at radius 2 is 1.83 bits per heavy atom. The van der Waals surface area contributed by atoms with Crippen LogP contribution < -0.4 is 5.32 Å². The van der Waals surface area contributed by atoms with Crippen molar-refractivity contribution < 1.29 is 23.9 Å². The normalized spacial score (nSPS) is 16.1. The summed E-state index contributed by atoms with van der Waals surface area (Å²) in [4.78, 5) is 37.6. The third-order valence-corrected chi connectivity index (χ3v) is 4.83. The van der Waals surface area contributed by atoms with Crippen LogP contribution in [0.15, 0.2) is 54.7 Å². The number of carbonyl (C=O) groups excluding carboxylic acids is 2. The van der Waals surface area contributed by atoms with E-state index in [-0.39, 0.29) is 18.7 Å². The van der Waals surface area contributed by atoms with Gasteiger partial charge in [0.15, 0.2) is 0 Å². The van der Waals surface area contributed by atoms with Gasteiger partial charge in [0.2, 0.25) is 11.8 Å². The van der Waals surface area contributed by atoms with E-state index >= 15 is 0 Å². The van der Waals surface area contributed by atoms with E-state index in [4.69, 9.17) is 0 Å². The topological polar surface area (TPSA) is 86.7 Å². The monoisotopic (exact) mass is 396 g/mol. The number of hydrogen-bond donors (Lipinski definition) is 2. The molecule has 2 N–H and O–H groups in total. The van der Waals surface area contributed by atoms with E-state index in [1.165, 1.54) is 36.1 Å². The smallest absolute Gasteiger partial charge is 0.305 e. The summed E-state index contributed by atoms with van der Waals surface area (Å²) in [5.41, 5.74) is 2.26. The first-order chi connectivity index (χ1) is 13.8. The van der Waals surface area contributed by atoms with Crippen molar-refractivity contribution in [3.05, 3.63) is 77.2 Å². The first-order valence-corrected chi connectivity index (χ1v) is 9.18. The van der Waals surface area contributed by atoms with Crippen LogP contribution >= 0.6 is 0 Å². The SMILES string of the molecule is CC(=O)N1C=Cc2ccccc2C1CC(=O)NC(CC(=O)O)c1ccc(F)cc1. The second-order valence-corrected chi connectivity index (χ2v) is 6.86. The highest BCUT2D eigenvalue weighted by molar-refractivity contribution is 5.82. The second-order valence-electron chi connectivity index (χ2n) is 6.86. The van der Waals surface area contributed by atoms with Gasteiger partial charge in [-0.3, -0.25) is 14.4 Å². The van der Waals surface area contributed by atoms with Gasteiger partial charge in [0, 0.05) is 13.1 Å². The van der Waals surface area contributed by atoms with Gasteiger partial charge in [-0.15, -0.1) is 0 Å². The molecule has 1 aliphatic heterocycles. The number of benzene rings is 2. The van der Waals surface area contributed by atoms with Crippen LogP contribution in [0.2, 0.25) is 0 Å². The van der Waals surface area contributed by atoms with E-state index < -0.39 is 29.8 Å². The predicted molar refractivity (Wildman–Crippen MR) is 105 cm³/mol. The molecule has 2 aromatic rings. The lowest BCUT2D eigenvalue weighted by Crippen LogP contribution is -2.37. The van der Waals surface area contributed by atoms with Crippen molar-refractivity contribution in [2.75, 3.05) is 0 Å². The first kappa shape index (κ1) is 20.3.